The number of carbonyl (C=O) groups is 5. The monoisotopic (exact) mass is 780 g/mol. The van der Waals surface area contributed by atoms with Crippen LogP contribution in [0.15, 0.2) is 109 Å². The van der Waals surface area contributed by atoms with Gasteiger partial charge in [0.05, 0.1) is 6.10 Å². The van der Waals surface area contributed by atoms with Crippen LogP contribution in [0.1, 0.15) is 83.8 Å². The lowest BCUT2D eigenvalue weighted by molar-refractivity contribution is -0.130. The average Bonchev–Trinajstić information content (AvgIpc) is 3.75. The number of hydrogen-bond donors (Lipinski definition) is 1. The Labute approximate surface area is 326 Å². The van der Waals surface area contributed by atoms with Crippen molar-refractivity contribution >= 4 is 56.8 Å². The van der Waals surface area contributed by atoms with E-state index in [0.717, 1.165) is 20.9 Å². The van der Waals surface area contributed by atoms with Crippen molar-refractivity contribution in [2.45, 2.75) is 56.7 Å². The normalized spacial score (nSPS) is 16.5. The topological polar surface area (TPSA) is 131 Å². The molecule has 0 bridgehead atoms. The summed E-state index contributed by atoms with van der Waals surface area (Å²) >= 11 is 0. The maximum absolute atomic E-state index is 12.9. The standard InChI is InChI=1S/C20H20FNO4.C20H18FNO4.2H2S/c2*21-16-11-9-15(10-12-16)18(23)7-4-8-19(24)22-17(13-26-20(22)25)14-5-2-1-3-6-14;;/h1-3,5-6,9-12,17-18,23H,4,7-8,13H2;1-3,5-6,9-12,17H,4,7-8,13H2;2*1H2/t17-,18+;17-;;/m11../s1. The molecule has 6 rings (SSSR count). The minimum absolute atomic E-state index is 0. The van der Waals surface area contributed by atoms with E-state index in [1.807, 2.05) is 60.7 Å². The summed E-state index contributed by atoms with van der Waals surface area (Å²) in [6.45, 7) is 0.274. The van der Waals surface area contributed by atoms with Crippen LogP contribution >= 0.6 is 27.0 Å². The third-order valence-corrected chi connectivity index (χ3v) is 8.74. The van der Waals surface area contributed by atoms with Crippen LogP contribution in [0.3, 0.4) is 0 Å². The first-order chi connectivity index (χ1) is 25.1. The van der Waals surface area contributed by atoms with Crippen LogP contribution in [0.4, 0.5) is 18.4 Å². The smallest absolute Gasteiger partial charge is 0.417 e. The zero-order valence-corrected chi connectivity index (χ0v) is 31.2. The fourth-order valence-corrected chi connectivity index (χ4v) is 5.95. The van der Waals surface area contributed by atoms with Gasteiger partial charge in [-0.3, -0.25) is 14.4 Å². The molecule has 2 heterocycles. The molecule has 14 heteroatoms. The summed E-state index contributed by atoms with van der Waals surface area (Å²) in [6.07, 6.45) is -0.687. The highest BCUT2D eigenvalue weighted by Crippen LogP contribution is 2.30. The van der Waals surface area contributed by atoms with E-state index in [1.54, 1.807) is 0 Å². The molecule has 286 valence electrons. The zero-order chi connectivity index (χ0) is 37.0. The van der Waals surface area contributed by atoms with Gasteiger partial charge >= 0.3 is 12.2 Å². The minimum Gasteiger partial charge on any atom is -0.446 e. The summed E-state index contributed by atoms with van der Waals surface area (Å²) in [5.41, 5.74) is 2.68. The summed E-state index contributed by atoms with van der Waals surface area (Å²) in [5, 5.41) is 10.1. The molecule has 3 atom stereocenters. The Bertz CT molecular complexity index is 1850. The summed E-state index contributed by atoms with van der Waals surface area (Å²) in [4.78, 5) is 63.2. The van der Waals surface area contributed by atoms with Crippen molar-refractivity contribution in [3.05, 3.63) is 143 Å². The fraction of sp³-hybridized carbons (Fsp3) is 0.275. The highest BCUT2D eigenvalue weighted by atomic mass is 32.1. The van der Waals surface area contributed by atoms with Gasteiger partial charge in [0, 0.05) is 24.8 Å². The molecule has 0 spiro atoms. The highest BCUT2D eigenvalue weighted by molar-refractivity contribution is 7.59. The van der Waals surface area contributed by atoms with E-state index in [0.29, 0.717) is 30.4 Å². The van der Waals surface area contributed by atoms with Crippen molar-refractivity contribution in [1.82, 2.24) is 9.80 Å². The molecule has 4 aromatic carbocycles. The molecular formula is C40H42F2N2O8S2. The van der Waals surface area contributed by atoms with E-state index in [1.165, 1.54) is 48.5 Å². The van der Waals surface area contributed by atoms with Crippen molar-refractivity contribution in [1.29, 1.82) is 0 Å². The molecule has 2 fully saturated rings. The largest absolute Gasteiger partial charge is 0.446 e. The van der Waals surface area contributed by atoms with Crippen LogP contribution < -0.4 is 0 Å². The first kappa shape index (κ1) is 43.4. The van der Waals surface area contributed by atoms with Crippen LogP contribution in [0.25, 0.3) is 0 Å². The summed E-state index contributed by atoms with van der Waals surface area (Å²) < 4.78 is 35.9. The number of amides is 4. The molecule has 0 saturated carbocycles. The van der Waals surface area contributed by atoms with Crippen LogP contribution in [0, 0.1) is 11.6 Å². The van der Waals surface area contributed by atoms with E-state index in [4.69, 9.17) is 9.47 Å². The second kappa shape index (κ2) is 21.0. The Morgan fingerprint density at radius 1 is 0.630 bits per heavy atom. The Hall–Kier alpha value is -5.05. The second-order valence-corrected chi connectivity index (χ2v) is 12.3. The van der Waals surface area contributed by atoms with Crippen LogP contribution in [-0.2, 0) is 19.1 Å². The SMILES string of the molecule is O=C(CCCC(=O)N1C(=O)OC[C@@H]1c1ccccc1)c1ccc(F)cc1.O=C(CCC[C@H](O)c1ccc(F)cc1)N1C(=O)OC[C@@H]1c1ccccc1.S.S. The van der Waals surface area contributed by atoms with Crippen LogP contribution in [0.2, 0.25) is 0 Å². The van der Waals surface area contributed by atoms with Gasteiger partial charge in [0.2, 0.25) is 11.8 Å². The summed E-state index contributed by atoms with van der Waals surface area (Å²) in [5.74, 6) is -1.63. The Balaban J connectivity index is 0.000000280. The molecule has 1 N–H and O–H groups in total. The molecule has 10 nitrogen and oxygen atoms in total. The Morgan fingerprint density at radius 2 is 1.06 bits per heavy atom. The fourth-order valence-electron chi connectivity index (χ4n) is 5.95. The minimum atomic E-state index is -0.779. The molecule has 2 aliphatic heterocycles. The van der Waals surface area contributed by atoms with Crippen molar-refractivity contribution in [3.63, 3.8) is 0 Å². The van der Waals surface area contributed by atoms with Crippen molar-refractivity contribution < 1.29 is 47.3 Å². The lowest BCUT2D eigenvalue weighted by Gasteiger charge is -2.20. The number of Topliss-reactive ketones (excluding diaryl/α,β-unsaturated/α-hetero) is 1. The number of imide groups is 2. The van der Waals surface area contributed by atoms with E-state index >= 15 is 0 Å². The zero-order valence-electron chi connectivity index (χ0n) is 29.2. The number of ketones is 1. The van der Waals surface area contributed by atoms with E-state index < -0.39 is 36.2 Å². The molecular weight excluding hydrogens is 739 g/mol. The number of ether oxygens (including phenoxy) is 2. The van der Waals surface area contributed by atoms with E-state index in [-0.39, 0.29) is 82.9 Å². The lowest BCUT2D eigenvalue weighted by atomic mass is 10.0. The first-order valence-corrected chi connectivity index (χ1v) is 16.9. The number of aliphatic hydroxyl groups excluding tert-OH is 1. The van der Waals surface area contributed by atoms with Gasteiger partial charge in [-0.2, -0.15) is 27.0 Å². The predicted molar refractivity (Wildman–Crippen MR) is 205 cm³/mol. The Kier molecular flexibility index (Phi) is 16.9. The maximum Gasteiger partial charge on any atom is 0.417 e. The van der Waals surface area contributed by atoms with E-state index in [2.05, 4.69) is 0 Å². The molecule has 4 aromatic rings. The molecule has 2 aliphatic rings. The third kappa shape index (κ3) is 11.5. The molecule has 0 unspecified atom stereocenters. The van der Waals surface area contributed by atoms with E-state index in [9.17, 15) is 37.9 Å². The molecule has 0 aliphatic carbocycles. The highest BCUT2D eigenvalue weighted by Gasteiger charge is 2.39. The van der Waals surface area contributed by atoms with Gasteiger partial charge in [-0.05, 0) is 72.4 Å². The van der Waals surface area contributed by atoms with Gasteiger partial charge < -0.3 is 14.6 Å². The van der Waals surface area contributed by atoms with Crippen LogP contribution in [-0.4, -0.2) is 57.9 Å². The molecule has 2 saturated heterocycles. The molecule has 54 heavy (non-hydrogen) atoms. The Morgan fingerprint density at radius 3 is 1.52 bits per heavy atom. The van der Waals surface area contributed by atoms with Gasteiger partial charge in [0.15, 0.2) is 5.78 Å². The van der Waals surface area contributed by atoms with Gasteiger partial charge in [0.1, 0.15) is 36.9 Å². The number of hydrogen-bond acceptors (Lipinski definition) is 8. The van der Waals surface area contributed by atoms with Crippen molar-refractivity contribution in [2.24, 2.45) is 0 Å². The van der Waals surface area contributed by atoms with Crippen molar-refractivity contribution in [3.8, 4) is 0 Å². The maximum atomic E-state index is 12.9. The van der Waals surface area contributed by atoms with Gasteiger partial charge in [0.25, 0.3) is 0 Å². The number of carbonyl (C=O) groups excluding carboxylic acids is 5. The number of cyclic esters (lactones) is 2. The average molecular weight is 781 g/mol. The van der Waals surface area contributed by atoms with Crippen LogP contribution in [0.5, 0.6) is 0 Å². The third-order valence-electron chi connectivity index (χ3n) is 8.74. The molecule has 4 amide bonds. The number of halogens is 2. The predicted octanol–water partition coefficient (Wildman–Crippen LogP) is 7.87. The number of nitrogens with zero attached hydrogens (tertiary/aromatic N) is 2. The van der Waals surface area contributed by atoms with Gasteiger partial charge in [-0.25, -0.2) is 28.2 Å². The first-order valence-electron chi connectivity index (χ1n) is 16.9. The lowest BCUT2D eigenvalue weighted by Crippen LogP contribution is -2.34. The quantitative estimate of drug-likeness (QED) is 0.144. The second-order valence-electron chi connectivity index (χ2n) is 12.3. The van der Waals surface area contributed by atoms with Crippen molar-refractivity contribution in [2.75, 3.05) is 13.2 Å². The molecule has 0 radical (unpaired) electrons. The number of aliphatic hydroxyl groups is 1. The van der Waals surface area contributed by atoms with Gasteiger partial charge in [-0.1, -0.05) is 72.8 Å². The summed E-state index contributed by atoms with van der Waals surface area (Å²) in [7, 11) is 0. The number of rotatable bonds is 12. The summed E-state index contributed by atoms with van der Waals surface area (Å²) in [6, 6.07) is 28.5. The molecule has 0 aromatic heterocycles. The van der Waals surface area contributed by atoms with Gasteiger partial charge in [-0.15, -0.1) is 0 Å². The number of benzene rings is 4.